The highest BCUT2D eigenvalue weighted by Crippen LogP contribution is 2.18. The number of nitrogens with zero attached hydrogens (tertiary/aromatic N) is 1. The number of carbonyl (C=O) groups is 1. The van der Waals surface area contributed by atoms with Crippen LogP contribution < -0.4 is 10.8 Å². The van der Waals surface area contributed by atoms with Gasteiger partial charge in [0, 0.05) is 6.20 Å². The summed E-state index contributed by atoms with van der Waals surface area (Å²) in [6, 6.07) is 8.74. The van der Waals surface area contributed by atoms with Gasteiger partial charge in [-0.15, -0.1) is 0 Å². The fourth-order valence-corrected chi connectivity index (χ4v) is 1.67. The normalized spacial score (nSPS) is 10.1. The minimum atomic E-state index is -0.323. The van der Waals surface area contributed by atoms with Gasteiger partial charge in [0.05, 0.1) is 11.3 Å². The van der Waals surface area contributed by atoms with Gasteiger partial charge in [-0.25, -0.2) is 4.98 Å². The summed E-state index contributed by atoms with van der Waals surface area (Å²) in [4.78, 5) is 16.2. The minimum Gasteiger partial charge on any atom is -0.306 e. The highest BCUT2D eigenvalue weighted by Gasteiger charge is 2.12. The number of anilines is 2. The average molecular weight is 257 g/mol. The Hall–Kier alpha value is -2.40. The predicted octanol–water partition coefficient (Wildman–Crippen LogP) is 2.75. The quantitative estimate of drug-likeness (QED) is 0.739. The van der Waals surface area contributed by atoms with Crippen LogP contribution in [0.15, 0.2) is 36.5 Å². The summed E-state index contributed by atoms with van der Waals surface area (Å²) < 4.78 is 0. The van der Waals surface area contributed by atoms with Crippen molar-refractivity contribution in [3.8, 4) is 0 Å². The van der Waals surface area contributed by atoms with E-state index in [2.05, 4.69) is 10.3 Å². The van der Waals surface area contributed by atoms with Crippen LogP contribution in [0.2, 0.25) is 0 Å². The van der Waals surface area contributed by atoms with Crippen LogP contribution in [-0.4, -0.2) is 16.1 Å². The van der Waals surface area contributed by atoms with Crippen molar-refractivity contribution >= 4 is 17.4 Å². The molecule has 19 heavy (non-hydrogen) atoms. The van der Waals surface area contributed by atoms with E-state index < -0.39 is 0 Å². The lowest BCUT2D eigenvalue weighted by atomic mass is 10.1. The highest BCUT2D eigenvalue weighted by molar-refractivity contribution is 6.07. The second-order valence-corrected chi connectivity index (χ2v) is 4.34. The molecule has 0 aliphatic rings. The van der Waals surface area contributed by atoms with Crippen molar-refractivity contribution in [2.45, 2.75) is 13.8 Å². The van der Waals surface area contributed by atoms with Crippen molar-refractivity contribution in [3.63, 3.8) is 0 Å². The van der Waals surface area contributed by atoms with Crippen LogP contribution in [0.3, 0.4) is 0 Å². The highest BCUT2D eigenvalue weighted by atomic mass is 16.5. The van der Waals surface area contributed by atoms with Gasteiger partial charge in [-0.3, -0.25) is 15.5 Å². The maximum Gasteiger partial charge on any atom is 0.259 e. The van der Waals surface area contributed by atoms with Crippen molar-refractivity contribution in [1.29, 1.82) is 0 Å². The average Bonchev–Trinajstić information content (AvgIpc) is 2.41. The zero-order chi connectivity index (χ0) is 13.8. The van der Waals surface area contributed by atoms with Crippen LogP contribution in [0, 0.1) is 13.8 Å². The maximum atomic E-state index is 12.1. The Morgan fingerprint density at radius 1 is 1.16 bits per heavy atom. The Kier molecular flexibility index (Phi) is 3.77. The number of pyridine rings is 1. The van der Waals surface area contributed by atoms with E-state index in [0.717, 1.165) is 11.1 Å². The summed E-state index contributed by atoms with van der Waals surface area (Å²) in [5.74, 6) is 0.151. The molecule has 5 heteroatoms. The van der Waals surface area contributed by atoms with E-state index >= 15 is 0 Å². The van der Waals surface area contributed by atoms with Gasteiger partial charge < -0.3 is 5.32 Å². The molecule has 1 aromatic carbocycles. The topological polar surface area (TPSA) is 74.2 Å². The first kappa shape index (κ1) is 13.0. The van der Waals surface area contributed by atoms with Crippen LogP contribution in [0.1, 0.15) is 21.5 Å². The molecular formula is C14H15N3O2. The molecule has 0 aliphatic heterocycles. The number of aromatic nitrogens is 1. The summed E-state index contributed by atoms with van der Waals surface area (Å²) in [6.07, 6.45) is 1.68. The molecule has 0 radical (unpaired) electrons. The van der Waals surface area contributed by atoms with Gasteiger partial charge in [-0.05, 0) is 37.6 Å². The molecule has 0 saturated carbocycles. The SMILES string of the molecule is Cc1ccc(NC(=O)c2cc(C)ccc2NO)nc1. The number of aryl methyl sites for hydroxylation is 2. The number of amides is 1. The lowest BCUT2D eigenvalue weighted by Gasteiger charge is -2.09. The molecule has 0 spiro atoms. The van der Waals surface area contributed by atoms with E-state index in [0.29, 0.717) is 17.1 Å². The molecule has 98 valence electrons. The van der Waals surface area contributed by atoms with Gasteiger partial charge in [0.1, 0.15) is 5.82 Å². The van der Waals surface area contributed by atoms with Gasteiger partial charge in [-0.2, -0.15) is 0 Å². The Morgan fingerprint density at radius 2 is 1.89 bits per heavy atom. The summed E-state index contributed by atoms with van der Waals surface area (Å²) in [7, 11) is 0. The van der Waals surface area contributed by atoms with E-state index in [4.69, 9.17) is 5.21 Å². The molecule has 1 amide bonds. The Morgan fingerprint density at radius 3 is 2.53 bits per heavy atom. The standard InChI is InChI=1S/C14H15N3O2/c1-9-3-5-12(17-19)11(7-9)14(18)16-13-6-4-10(2)8-15-13/h3-8,17,19H,1-2H3,(H,15,16,18). The third-order valence-electron chi connectivity index (χ3n) is 2.69. The van der Waals surface area contributed by atoms with Crippen LogP contribution in [-0.2, 0) is 0 Å². The van der Waals surface area contributed by atoms with Crippen molar-refractivity contribution in [2.24, 2.45) is 0 Å². The lowest BCUT2D eigenvalue weighted by molar-refractivity contribution is 0.102. The molecule has 0 atom stereocenters. The third kappa shape index (κ3) is 3.08. The molecule has 2 rings (SSSR count). The largest absolute Gasteiger partial charge is 0.306 e. The van der Waals surface area contributed by atoms with E-state index in [-0.39, 0.29) is 5.91 Å². The van der Waals surface area contributed by atoms with E-state index in [1.165, 1.54) is 0 Å². The van der Waals surface area contributed by atoms with Crippen molar-refractivity contribution in [3.05, 3.63) is 53.2 Å². The van der Waals surface area contributed by atoms with Crippen molar-refractivity contribution in [2.75, 3.05) is 10.8 Å². The molecule has 0 fully saturated rings. The van der Waals surface area contributed by atoms with Gasteiger partial charge in [0.25, 0.3) is 5.91 Å². The Bertz CT molecular complexity index is 594. The molecule has 2 aromatic rings. The maximum absolute atomic E-state index is 12.1. The second-order valence-electron chi connectivity index (χ2n) is 4.34. The van der Waals surface area contributed by atoms with E-state index in [9.17, 15) is 4.79 Å². The van der Waals surface area contributed by atoms with E-state index in [1.54, 1.807) is 30.5 Å². The smallest absolute Gasteiger partial charge is 0.259 e. The molecule has 3 N–H and O–H groups in total. The van der Waals surface area contributed by atoms with Crippen LogP contribution in [0.4, 0.5) is 11.5 Å². The Balaban J connectivity index is 2.24. The van der Waals surface area contributed by atoms with Gasteiger partial charge >= 0.3 is 0 Å². The third-order valence-corrected chi connectivity index (χ3v) is 2.69. The lowest BCUT2D eigenvalue weighted by Crippen LogP contribution is -2.15. The van der Waals surface area contributed by atoms with Crippen molar-refractivity contribution < 1.29 is 10.0 Å². The molecule has 0 bridgehead atoms. The zero-order valence-electron chi connectivity index (χ0n) is 10.8. The van der Waals surface area contributed by atoms with Gasteiger partial charge in [0.15, 0.2) is 0 Å². The molecular weight excluding hydrogens is 242 g/mol. The molecule has 1 heterocycles. The predicted molar refractivity (Wildman–Crippen MR) is 73.5 cm³/mol. The first-order valence-corrected chi connectivity index (χ1v) is 5.85. The number of hydrogen-bond acceptors (Lipinski definition) is 4. The number of benzene rings is 1. The first-order chi connectivity index (χ1) is 9.10. The zero-order valence-corrected chi connectivity index (χ0v) is 10.8. The molecule has 0 aliphatic carbocycles. The monoisotopic (exact) mass is 257 g/mol. The molecule has 5 nitrogen and oxygen atoms in total. The van der Waals surface area contributed by atoms with E-state index in [1.807, 2.05) is 25.4 Å². The summed E-state index contributed by atoms with van der Waals surface area (Å²) in [5, 5.41) is 11.7. The van der Waals surface area contributed by atoms with Gasteiger partial charge in [0.2, 0.25) is 0 Å². The summed E-state index contributed by atoms with van der Waals surface area (Å²) >= 11 is 0. The van der Waals surface area contributed by atoms with Crippen molar-refractivity contribution in [1.82, 2.24) is 4.98 Å². The number of hydrogen-bond donors (Lipinski definition) is 3. The summed E-state index contributed by atoms with van der Waals surface area (Å²) in [5.41, 5.74) is 4.69. The fourth-order valence-electron chi connectivity index (χ4n) is 1.67. The van der Waals surface area contributed by atoms with Crippen LogP contribution in [0.25, 0.3) is 0 Å². The number of nitrogens with one attached hydrogen (secondary N) is 2. The Labute approximate surface area is 111 Å². The number of rotatable bonds is 3. The molecule has 0 unspecified atom stereocenters. The van der Waals surface area contributed by atoms with Gasteiger partial charge in [-0.1, -0.05) is 17.7 Å². The van der Waals surface area contributed by atoms with Crippen LogP contribution >= 0.6 is 0 Å². The second kappa shape index (κ2) is 5.49. The number of carbonyl (C=O) groups excluding carboxylic acids is 1. The van der Waals surface area contributed by atoms with Crippen LogP contribution in [0.5, 0.6) is 0 Å². The fraction of sp³-hybridized carbons (Fsp3) is 0.143. The first-order valence-electron chi connectivity index (χ1n) is 5.85. The molecule has 1 aromatic heterocycles. The minimum absolute atomic E-state index is 0.323. The molecule has 0 saturated heterocycles. The summed E-state index contributed by atoms with van der Waals surface area (Å²) in [6.45, 7) is 3.80.